The number of halogens is 1. The summed E-state index contributed by atoms with van der Waals surface area (Å²) in [6.45, 7) is 0. The molecule has 0 aliphatic rings. The van der Waals surface area contributed by atoms with Gasteiger partial charge in [-0.1, -0.05) is 12.1 Å². The van der Waals surface area contributed by atoms with Crippen LogP contribution in [0.15, 0.2) is 60.9 Å². The molecule has 0 spiro atoms. The number of aromatic nitrogens is 2. The van der Waals surface area contributed by atoms with Crippen molar-refractivity contribution in [3.05, 3.63) is 78.0 Å². The fraction of sp³-hybridized carbons (Fsp3) is 0. The van der Waals surface area contributed by atoms with Gasteiger partial charge in [0.05, 0.1) is 11.6 Å². The zero-order valence-corrected chi connectivity index (χ0v) is 12.9. The summed E-state index contributed by atoms with van der Waals surface area (Å²) in [6, 6.07) is 15.9. The van der Waals surface area contributed by atoms with Crippen LogP contribution in [0.4, 0.5) is 21.6 Å². The third kappa shape index (κ3) is 4.14. The van der Waals surface area contributed by atoms with E-state index in [1.165, 1.54) is 24.5 Å². The summed E-state index contributed by atoms with van der Waals surface area (Å²) in [6.07, 6.45) is 1.24. The number of carbonyl (C=O) groups is 1. The molecule has 3 aromatic rings. The van der Waals surface area contributed by atoms with E-state index in [1.54, 1.807) is 36.4 Å². The molecule has 0 fully saturated rings. The second-order valence-corrected chi connectivity index (χ2v) is 5.07. The fourth-order valence-corrected chi connectivity index (χ4v) is 2.13. The zero-order chi connectivity index (χ0) is 17.6. The first kappa shape index (κ1) is 16.1. The van der Waals surface area contributed by atoms with Gasteiger partial charge in [-0.05, 0) is 36.4 Å². The largest absolute Gasteiger partial charge is 0.340 e. The molecule has 0 aliphatic heterocycles. The number of carbonyl (C=O) groups excluding carboxylic acids is 1. The predicted octanol–water partition coefficient (Wildman–Crippen LogP) is 3.48. The Hall–Kier alpha value is -3.79. The Morgan fingerprint density at radius 2 is 1.84 bits per heavy atom. The van der Waals surface area contributed by atoms with Gasteiger partial charge in [-0.2, -0.15) is 5.26 Å². The Bertz CT molecular complexity index is 967. The van der Waals surface area contributed by atoms with E-state index < -0.39 is 5.91 Å². The highest BCUT2D eigenvalue weighted by atomic mass is 19.1. The van der Waals surface area contributed by atoms with Gasteiger partial charge in [0.1, 0.15) is 23.7 Å². The molecule has 122 valence electrons. The minimum atomic E-state index is -0.445. The molecule has 7 heteroatoms. The monoisotopic (exact) mass is 333 g/mol. The minimum absolute atomic E-state index is 0.135. The topological polar surface area (TPSA) is 90.7 Å². The van der Waals surface area contributed by atoms with Gasteiger partial charge in [-0.25, -0.2) is 14.4 Å². The Kier molecular flexibility index (Phi) is 4.62. The molecule has 0 unspecified atom stereocenters. The van der Waals surface area contributed by atoms with Crippen LogP contribution >= 0.6 is 0 Å². The molecule has 6 nitrogen and oxygen atoms in total. The number of amides is 1. The predicted molar refractivity (Wildman–Crippen MR) is 90.8 cm³/mol. The molecule has 0 bridgehead atoms. The summed E-state index contributed by atoms with van der Waals surface area (Å²) in [5.41, 5.74) is 1.57. The van der Waals surface area contributed by atoms with Crippen molar-refractivity contribution >= 4 is 23.1 Å². The highest BCUT2D eigenvalue weighted by molar-refractivity contribution is 6.03. The van der Waals surface area contributed by atoms with Gasteiger partial charge in [0, 0.05) is 17.4 Å². The van der Waals surface area contributed by atoms with Crippen molar-refractivity contribution in [3.63, 3.8) is 0 Å². The van der Waals surface area contributed by atoms with Crippen LogP contribution in [0, 0.1) is 17.1 Å². The molecule has 1 amide bonds. The second-order valence-electron chi connectivity index (χ2n) is 5.07. The highest BCUT2D eigenvalue weighted by Crippen LogP contribution is 2.16. The number of hydrogen-bond donors (Lipinski definition) is 2. The summed E-state index contributed by atoms with van der Waals surface area (Å²) < 4.78 is 13.2. The quantitative estimate of drug-likeness (QED) is 0.763. The van der Waals surface area contributed by atoms with Crippen LogP contribution in [0.5, 0.6) is 0 Å². The Morgan fingerprint density at radius 3 is 2.64 bits per heavy atom. The molecule has 0 saturated heterocycles. The Balaban J connectivity index is 1.76. The second kappa shape index (κ2) is 7.19. The van der Waals surface area contributed by atoms with Crippen LogP contribution in [0.25, 0.3) is 0 Å². The molecule has 0 atom stereocenters. The average Bonchev–Trinajstić information content (AvgIpc) is 2.62. The highest BCUT2D eigenvalue weighted by Gasteiger charge is 2.10. The fourth-order valence-electron chi connectivity index (χ4n) is 2.13. The third-order valence-electron chi connectivity index (χ3n) is 3.25. The normalized spacial score (nSPS) is 9.92. The van der Waals surface area contributed by atoms with Crippen molar-refractivity contribution in [2.75, 3.05) is 10.6 Å². The summed E-state index contributed by atoms with van der Waals surface area (Å²) in [5.74, 6) is -0.467. The van der Waals surface area contributed by atoms with Crippen molar-refractivity contribution < 1.29 is 9.18 Å². The van der Waals surface area contributed by atoms with Crippen LogP contribution in [0.3, 0.4) is 0 Å². The number of hydrogen-bond acceptors (Lipinski definition) is 5. The first-order chi connectivity index (χ1) is 12.1. The lowest BCUT2D eigenvalue weighted by molar-refractivity contribution is 0.102. The maximum atomic E-state index is 13.2. The summed E-state index contributed by atoms with van der Waals surface area (Å²) >= 11 is 0. The SMILES string of the molecule is N#Cc1cccc(NC(=O)c2cc(Nc3cccc(F)c3)ncn2)c1. The standard InChI is InChI=1S/C18H12FN5O/c19-13-4-2-6-15(8-13)23-17-9-16(21-11-22-17)18(25)24-14-5-1-3-12(7-14)10-20/h1-9,11H,(H,24,25)(H,21,22,23). The van der Waals surface area contributed by atoms with Gasteiger partial charge in [-0.15, -0.1) is 0 Å². The maximum Gasteiger partial charge on any atom is 0.274 e. The van der Waals surface area contributed by atoms with E-state index in [0.717, 1.165) is 0 Å². The maximum absolute atomic E-state index is 13.2. The van der Waals surface area contributed by atoms with Crippen LogP contribution in [0.1, 0.15) is 16.1 Å². The van der Waals surface area contributed by atoms with Gasteiger partial charge in [-0.3, -0.25) is 4.79 Å². The molecular weight excluding hydrogens is 321 g/mol. The van der Waals surface area contributed by atoms with E-state index in [9.17, 15) is 9.18 Å². The number of nitrogens with one attached hydrogen (secondary N) is 2. The molecule has 3 rings (SSSR count). The van der Waals surface area contributed by atoms with E-state index in [0.29, 0.717) is 22.8 Å². The Labute approximate surface area is 143 Å². The lowest BCUT2D eigenvalue weighted by atomic mass is 10.2. The molecule has 1 aromatic heterocycles. The van der Waals surface area contributed by atoms with Crippen molar-refractivity contribution in [1.29, 1.82) is 5.26 Å². The average molecular weight is 333 g/mol. The summed E-state index contributed by atoms with van der Waals surface area (Å²) in [7, 11) is 0. The van der Waals surface area contributed by atoms with Crippen LogP contribution in [-0.4, -0.2) is 15.9 Å². The van der Waals surface area contributed by atoms with Crippen LogP contribution in [-0.2, 0) is 0 Å². The van der Waals surface area contributed by atoms with Gasteiger partial charge in [0.25, 0.3) is 5.91 Å². The van der Waals surface area contributed by atoms with Crippen molar-refractivity contribution in [2.24, 2.45) is 0 Å². The molecule has 2 aromatic carbocycles. The van der Waals surface area contributed by atoms with Crippen molar-refractivity contribution in [3.8, 4) is 6.07 Å². The number of benzene rings is 2. The van der Waals surface area contributed by atoms with E-state index in [-0.39, 0.29) is 11.5 Å². The van der Waals surface area contributed by atoms with E-state index in [1.807, 2.05) is 6.07 Å². The molecule has 2 N–H and O–H groups in total. The molecule has 0 saturated carbocycles. The Morgan fingerprint density at radius 1 is 1.04 bits per heavy atom. The van der Waals surface area contributed by atoms with E-state index in [2.05, 4.69) is 20.6 Å². The third-order valence-corrected chi connectivity index (χ3v) is 3.25. The van der Waals surface area contributed by atoms with Crippen molar-refractivity contribution in [1.82, 2.24) is 9.97 Å². The molecule has 0 aliphatic carbocycles. The smallest absolute Gasteiger partial charge is 0.274 e. The van der Waals surface area contributed by atoms with Crippen molar-refractivity contribution in [2.45, 2.75) is 0 Å². The lowest BCUT2D eigenvalue weighted by Gasteiger charge is -2.08. The van der Waals surface area contributed by atoms with Crippen LogP contribution in [0.2, 0.25) is 0 Å². The minimum Gasteiger partial charge on any atom is -0.340 e. The summed E-state index contributed by atoms with van der Waals surface area (Å²) in [5, 5.41) is 14.5. The first-order valence-corrected chi connectivity index (χ1v) is 7.30. The lowest BCUT2D eigenvalue weighted by Crippen LogP contribution is -2.14. The number of nitriles is 1. The first-order valence-electron chi connectivity index (χ1n) is 7.30. The van der Waals surface area contributed by atoms with E-state index >= 15 is 0 Å². The molecule has 0 radical (unpaired) electrons. The number of anilines is 3. The summed E-state index contributed by atoms with van der Waals surface area (Å²) in [4.78, 5) is 20.2. The van der Waals surface area contributed by atoms with Gasteiger partial charge >= 0.3 is 0 Å². The molecular formula is C18H12FN5O. The zero-order valence-electron chi connectivity index (χ0n) is 12.9. The number of nitrogens with zero attached hydrogens (tertiary/aromatic N) is 3. The number of rotatable bonds is 4. The van der Waals surface area contributed by atoms with Crippen LogP contribution < -0.4 is 10.6 Å². The van der Waals surface area contributed by atoms with Gasteiger partial charge < -0.3 is 10.6 Å². The van der Waals surface area contributed by atoms with Gasteiger partial charge in [0.15, 0.2) is 0 Å². The molecule has 1 heterocycles. The molecule has 25 heavy (non-hydrogen) atoms. The van der Waals surface area contributed by atoms with Gasteiger partial charge in [0.2, 0.25) is 0 Å². The van der Waals surface area contributed by atoms with E-state index in [4.69, 9.17) is 5.26 Å².